The first-order chi connectivity index (χ1) is 9.22. The minimum atomic E-state index is 0.0418. The van der Waals surface area contributed by atoms with Gasteiger partial charge in [-0.3, -0.25) is 9.69 Å². The van der Waals surface area contributed by atoms with E-state index in [9.17, 15) is 4.79 Å². The van der Waals surface area contributed by atoms with Crippen molar-refractivity contribution in [2.45, 2.75) is 13.5 Å². The van der Waals surface area contributed by atoms with Crippen LogP contribution in [0.2, 0.25) is 0 Å². The molecule has 7 heteroatoms. The molecule has 2 aromatic rings. The van der Waals surface area contributed by atoms with E-state index >= 15 is 0 Å². The zero-order valence-electron chi connectivity index (χ0n) is 10.5. The van der Waals surface area contributed by atoms with Gasteiger partial charge in [0.1, 0.15) is 0 Å². The van der Waals surface area contributed by atoms with Crippen LogP contribution in [0.15, 0.2) is 16.0 Å². The molecule has 1 amide bonds. The second-order valence-corrected chi connectivity index (χ2v) is 5.42. The quantitative estimate of drug-likeness (QED) is 0.908. The van der Waals surface area contributed by atoms with Crippen molar-refractivity contribution in [3.8, 4) is 10.7 Å². The smallest absolute Gasteiger partial charge is 0.241 e. The van der Waals surface area contributed by atoms with Gasteiger partial charge in [-0.2, -0.15) is 4.98 Å². The molecule has 1 aliphatic rings. The van der Waals surface area contributed by atoms with Crippen LogP contribution in [-0.2, 0) is 11.3 Å². The Morgan fingerprint density at radius 2 is 2.47 bits per heavy atom. The molecule has 0 unspecified atom stereocenters. The van der Waals surface area contributed by atoms with Crippen LogP contribution in [0.25, 0.3) is 10.7 Å². The maximum Gasteiger partial charge on any atom is 0.241 e. The number of carbonyl (C=O) groups excluding carboxylic acids is 1. The fraction of sp³-hybridized carbons (Fsp3) is 0.417. The number of nitrogens with zero attached hydrogens (tertiary/aromatic N) is 3. The van der Waals surface area contributed by atoms with Crippen molar-refractivity contribution in [3.63, 3.8) is 0 Å². The summed E-state index contributed by atoms with van der Waals surface area (Å²) in [6.45, 7) is 4.41. The highest BCUT2D eigenvalue weighted by molar-refractivity contribution is 7.13. The molecule has 0 saturated carbocycles. The summed E-state index contributed by atoms with van der Waals surface area (Å²) in [5.74, 6) is 1.22. The number of aromatic nitrogens is 2. The Balaban J connectivity index is 1.71. The van der Waals surface area contributed by atoms with Gasteiger partial charge in [0, 0.05) is 13.1 Å². The normalized spacial score (nSPS) is 16.6. The van der Waals surface area contributed by atoms with E-state index in [0.717, 1.165) is 17.0 Å². The van der Waals surface area contributed by atoms with Gasteiger partial charge in [0.25, 0.3) is 0 Å². The lowest BCUT2D eigenvalue weighted by Crippen LogP contribution is -2.47. The number of rotatable bonds is 3. The van der Waals surface area contributed by atoms with Crippen molar-refractivity contribution in [2.75, 3.05) is 19.6 Å². The number of amides is 1. The van der Waals surface area contributed by atoms with E-state index in [4.69, 9.17) is 4.52 Å². The third kappa shape index (κ3) is 2.66. The lowest BCUT2D eigenvalue weighted by molar-refractivity contribution is -0.124. The predicted molar refractivity (Wildman–Crippen MR) is 70.6 cm³/mol. The van der Waals surface area contributed by atoms with Crippen molar-refractivity contribution in [1.29, 1.82) is 0 Å². The first-order valence-corrected chi connectivity index (χ1v) is 6.96. The van der Waals surface area contributed by atoms with Crippen molar-refractivity contribution < 1.29 is 9.32 Å². The average molecular weight is 278 g/mol. The standard InChI is InChI=1S/C12H14N4O2S/c1-8-2-5-19-11(8)12-14-10(18-15-12)7-16-4-3-13-9(17)6-16/h2,5H,3-4,6-7H2,1H3,(H,13,17). The highest BCUT2D eigenvalue weighted by atomic mass is 32.1. The first-order valence-electron chi connectivity index (χ1n) is 6.08. The molecule has 100 valence electrons. The lowest BCUT2D eigenvalue weighted by Gasteiger charge is -2.24. The molecule has 1 aliphatic heterocycles. The van der Waals surface area contributed by atoms with E-state index in [1.165, 1.54) is 0 Å². The molecule has 1 saturated heterocycles. The summed E-state index contributed by atoms with van der Waals surface area (Å²) in [6, 6.07) is 2.03. The second kappa shape index (κ2) is 5.10. The van der Waals surface area contributed by atoms with Gasteiger partial charge in [-0.25, -0.2) is 0 Å². The van der Waals surface area contributed by atoms with Crippen LogP contribution in [-0.4, -0.2) is 40.6 Å². The number of thiophene rings is 1. The number of nitrogens with one attached hydrogen (secondary N) is 1. The molecule has 1 N–H and O–H groups in total. The molecule has 19 heavy (non-hydrogen) atoms. The second-order valence-electron chi connectivity index (χ2n) is 4.51. The topological polar surface area (TPSA) is 71.3 Å². The molecule has 1 fully saturated rings. The van der Waals surface area contributed by atoms with E-state index in [1.807, 2.05) is 23.3 Å². The van der Waals surface area contributed by atoms with Crippen molar-refractivity contribution in [2.24, 2.45) is 0 Å². The Morgan fingerprint density at radius 1 is 1.58 bits per heavy atom. The Kier molecular flexibility index (Phi) is 3.31. The zero-order valence-corrected chi connectivity index (χ0v) is 11.4. The maximum absolute atomic E-state index is 11.3. The zero-order chi connectivity index (χ0) is 13.2. The summed E-state index contributed by atoms with van der Waals surface area (Å²) in [5.41, 5.74) is 1.15. The van der Waals surface area contributed by atoms with Crippen LogP contribution < -0.4 is 5.32 Å². The monoisotopic (exact) mass is 278 g/mol. The van der Waals surface area contributed by atoms with Crippen molar-refractivity contribution in [1.82, 2.24) is 20.4 Å². The fourth-order valence-electron chi connectivity index (χ4n) is 2.03. The van der Waals surface area contributed by atoms with Gasteiger partial charge in [-0.15, -0.1) is 11.3 Å². The van der Waals surface area contributed by atoms with Gasteiger partial charge >= 0.3 is 0 Å². The molecule has 0 atom stereocenters. The van der Waals surface area contributed by atoms with E-state index in [-0.39, 0.29) is 5.91 Å². The third-order valence-electron chi connectivity index (χ3n) is 3.01. The molecule has 0 bridgehead atoms. The number of aryl methyl sites for hydroxylation is 1. The highest BCUT2D eigenvalue weighted by Gasteiger charge is 2.19. The van der Waals surface area contributed by atoms with Crippen LogP contribution in [0.5, 0.6) is 0 Å². The lowest BCUT2D eigenvalue weighted by atomic mass is 10.3. The fourth-order valence-corrected chi connectivity index (χ4v) is 2.88. The third-order valence-corrected chi connectivity index (χ3v) is 4.02. The SMILES string of the molecule is Cc1ccsc1-c1noc(CN2CCNC(=O)C2)n1. The predicted octanol–water partition coefficient (Wildman–Crippen LogP) is 1.04. The van der Waals surface area contributed by atoms with Crippen molar-refractivity contribution >= 4 is 17.2 Å². The summed E-state index contributed by atoms with van der Waals surface area (Å²) in [4.78, 5) is 18.7. The van der Waals surface area contributed by atoms with Crippen LogP contribution in [0.1, 0.15) is 11.5 Å². The molecule has 3 rings (SSSR count). The average Bonchev–Trinajstić information content (AvgIpc) is 2.98. The largest absolute Gasteiger partial charge is 0.354 e. The number of piperazine rings is 1. The van der Waals surface area contributed by atoms with E-state index < -0.39 is 0 Å². The molecular formula is C12H14N4O2S. The number of hydrogen-bond donors (Lipinski definition) is 1. The molecule has 0 aromatic carbocycles. The van der Waals surface area contributed by atoms with Crippen LogP contribution in [0.4, 0.5) is 0 Å². The van der Waals surface area contributed by atoms with Gasteiger partial charge in [0.15, 0.2) is 0 Å². The summed E-state index contributed by atoms with van der Waals surface area (Å²) >= 11 is 1.60. The summed E-state index contributed by atoms with van der Waals surface area (Å²) in [7, 11) is 0. The molecule has 2 aromatic heterocycles. The van der Waals surface area contributed by atoms with Crippen LogP contribution in [0, 0.1) is 6.92 Å². The molecule has 0 radical (unpaired) electrons. The van der Waals surface area contributed by atoms with Crippen molar-refractivity contribution in [3.05, 3.63) is 22.9 Å². The van der Waals surface area contributed by atoms with Gasteiger partial charge in [-0.05, 0) is 23.9 Å². The Morgan fingerprint density at radius 3 is 3.21 bits per heavy atom. The Bertz CT molecular complexity index is 592. The van der Waals surface area contributed by atoms with Crippen LogP contribution >= 0.6 is 11.3 Å². The Labute approximate surface area is 114 Å². The maximum atomic E-state index is 11.3. The highest BCUT2D eigenvalue weighted by Crippen LogP contribution is 2.26. The van der Waals surface area contributed by atoms with Gasteiger partial charge in [0.2, 0.25) is 17.6 Å². The van der Waals surface area contributed by atoms with Crippen LogP contribution in [0.3, 0.4) is 0 Å². The molecule has 0 spiro atoms. The van der Waals surface area contributed by atoms with E-state index in [2.05, 4.69) is 15.5 Å². The van der Waals surface area contributed by atoms with E-state index in [0.29, 0.717) is 31.3 Å². The van der Waals surface area contributed by atoms with Gasteiger partial charge < -0.3 is 9.84 Å². The summed E-state index contributed by atoms with van der Waals surface area (Å²) < 4.78 is 5.25. The number of hydrogen-bond acceptors (Lipinski definition) is 6. The minimum absolute atomic E-state index is 0.0418. The molecule has 6 nitrogen and oxygen atoms in total. The minimum Gasteiger partial charge on any atom is -0.354 e. The first kappa shape index (κ1) is 12.3. The van der Waals surface area contributed by atoms with E-state index in [1.54, 1.807) is 11.3 Å². The molecule has 0 aliphatic carbocycles. The summed E-state index contributed by atoms with van der Waals surface area (Å²) in [5, 5.41) is 8.80. The summed E-state index contributed by atoms with van der Waals surface area (Å²) in [6.07, 6.45) is 0. The Hall–Kier alpha value is -1.73. The molecule has 3 heterocycles. The van der Waals surface area contributed by atoms with Gasteiger partial charge in [0.05, 0.1) is 18.0 Å². The molecular weight excluding hydrogens is 264 g/mol. The van der Waals surface area contributed by atoms with Gasteiger partial charge in [-0.1, -0.05) is 5.16 Å². The number of carbonyl (C=O) groups is 1.